The molecule has 0 aromatic rings. The van der Waals surface area contributed by atoms with Crippen molar-refractivity contribution in [3.63, 3.8) is 0 Å². The van der Waals surface area contributed by atoms with E-state index in [0.29, 0.717) is 29.8 Å². The third-order valence-corrected chi connectivity index (χ3v) is 6.51. The highest BCUT2D eigenvalue weighted by Gasteiger charge is 2.67. The highest BCUT2D eigenvalue weighted by Crippen LogP contribution is 2.72. The summed E-state index contributed by atoms with van der Waals surface area (Å²) in [7, 11) is 0. The van der Waals surface area contributed by atoms with Gasteiger partial charge in [-0.05, 0) is 49.4 Å². The number of rotatable bonds is 3. The lowest BCUT2D eigenvalue weighted by molar-refractivity contribution is -0.181. The van der Waals surface area contributed by atoms with Crippen LogP contribution in [0.4, 0.5) is 0 Å². The first-order valence-corrected chi connectivity index (χ1v) is 7.85. The molecule has 1 N–H and O–H groups in total. The van der Waals surface area contributed by atoms with Gasteiger partial charge in [-0.1, -0.05) is 25.0 Å². The molecule has 0 aromatic heterocycles. The first kappa shape index (κ1) is 14.1. The first-order chi connectivity index (χ1) is 9.44. The fourth-order valence-electron chi connectivity index (χ4n) is 5.58. The van der Waals surface area contributed by atoms with Crippen LogP contribution < -0.4 is 0 Å². The van der Waals surface area contributed by atoms with E-state index in [1.807, 2.05) is 0 Å². The second-order valence-corrected chi connectivity index (χ2v) is 7.45. The maximum atomic E-state index is 11.2. The molecule has 0 saturated heterocycles. The summed E-state index contributed by atoms with van der Waals surface area (Å²) < 4.78 is 5.34. The predicted molar refractivity (Wildman–Crippen MR) is 77.0 cm³/mol. The summed E-state index contributed by atoms with van der Waals surface area (Å²) in [6.07, 6.45) is 6.87. The molecule has 0 aromatic carbocycles. The Labute approximate surface area is 121 Å². The molecule has 0 heterocycles. The van der Waals surface area contributed by atoms with Crippen LogP contribution >= 0.6 is 0 Å². The van der Waals surface area contributed by atoms with Gasteiger partial charge in [-0.2, -0.15) is 0 Å². The van der Waals surface area contributed by atoms with Crippen molar-refractivity contribution in [2.45, 2.75) is 46.5 Å². The molecule has 3 aliphatic rings. The van der Waals surface area contributed by atoms with Crippen LogP contribution in [-0.4, -0.2) is 24.3 Å². The fourth-order valence-corrected chi connectivity index (χ4v) is 5.58. The van der Waals surface area contributed by atoms with Gasteiger partial charge in [0.1, 0.15) is 0 Å². The summed E-state index contributed by atoms with van der Waals surface area (Å²) in [5.74, 6) is 1.48. The largest absolute Gasteiger partial charge is 0.465 e. The van der Waals surface area contributed by atoms with Gasteiger partial charge in [0, 0.05) is 12.3 Å². The number of carbonyl (C=O) groups excluding carboxylic acids is 1. The molecule has 0 amide bonds. The summed E-state index contributed by atoms with van der Waals surface area (Å²) in [6.45, 7) is 6.65. The van der Waals surface area contributed by atoms with E-state index in [-0.39, 0.29) is 18.0 Å². The van der Waals surface area contributed by atoms with E-state index in [1.54, 1.807) is 0 Å². The van der Waals surface area contributed by atoms with E-state index >= 15 is 0 Å². The topological polar surface area (TPSA) is 46.5 Å². The smallest absolute Gasteiger partial charge is 0.302 e. The molecule has 112 valence electrons. The third-order valence-electron chi connectivity index (χ3n) is 6.51. The van der Waals surface area contributed by atoms with E-state index in [2.05, 4.69) is 19.9 Å². The molecular formula is C17H26O3. The van der Waals surface area contributed by atoms with Crippen molar-refractivity contribution in [1.29, 1.82) is 0 Å². The lowest BCUT2D eigenvalue weighted by Gasteiger charge is -2.66. The fraction of sp³-hybridized carbons (Fsp3) is 0.824. The maximum Gasteiger partial charge on any atom is 0.302 e. The zero-order chi connectivity index (χ0) is 14.5. The van der Waals surface area contributed by atoms with Crippen LogP contribution in [0, 0.1) is 28.6 Å². The monoisotopic (exact) mass is 278 g/mol. The predicted octanol–water partition coefficient (Wildman–Crippen LogP) is 2.93. The number of fused-ring (bicyclic) bond motifs is 1. The average molecular weight is 278 g/mol. The van der Waals surface area contributed by atoms with E-state index < -0.39 is 0 Å². The van der Waals surface area contributed by atoms with Crippen molar-refractivity contribution in [3.8, 4) is 0 Å². The van der Waals surface area contributed by atoms with Crippen LogP contribution in [0.2, 0.25) is 0 Å². The van der Waals surface area contributed by atoms with Crippen molar-refractivity contribution >= 4 is 5.97 Å². The lowest BCUT2D eigenvalue weighted by Crippen LogP contribution is -2.63. The minimum absolute atomic E-state index is 0.140. The molecule has 0 radical (unpaired) electrons. The average Bonchev–Trinajstić information content (AvgIpc) is 2.62. The Bertz CT molecular complexity index is 455. The van der Waals surface area contributed by atoms with Crippen LogP contribution in [0.3, 0.4) is 0 Å². The van der Waals surface area contributed by atoms with Gasteiger partial charge in [-0.25, -0.2) is 0 Å². The number of ether oxygens (including phenoxy) is 1. The van der Waals surface area contributed by atoms with Crippen LogP contribution in [0.25, 0.3) is 0 Å². The van der Waals surface area contributed by atoms with E-state index in [0.717, 1.165) is 19.3 Å². The molecule has 3 aliphatic carbocycles. The SMILES string of the molecule is CC(=O)OC[C@@]1(CO)CCC[C@@]2(C)[C@@H]3CC=C(C)[C@H]2[C@@H]31. The van der Waals surface area contributed by atoms with Gasteiger partial charge in [-0.15, -0.1) is 0 Å². The highest BCUT2D eigenvalue weighted by molar-refractivity contribution is 5.65. The molecule has 3 rings (SSSR count). The number of hydrogen-bond acceptors (Lipinski definition) is 3. The molecule has 2 fully saturated rings. The Morgan fingerprint density at radius 1 is 1.50 bits per heavy atom. The molecule has 0 unspecified atom stereocenters. The Kier molecular flexibility index (Phi) is 3.24. The summed E-state index contributed by atoms with van der Waals surface area (Å²) in [6, 6.07) is 0. The summed E-state index contributed by atoms with van der Waals surface area (Å²) >= 11 is 0. The van der Waals surface area contributed by atoms with Gasteiger partial charge < -0.3 is 9.84 Å². The zero-order valence-electron chi connectivity index (χ0n) is 12.8. The second-order valence-electron chi connectivity index (χ2n) is 7.45. The zero-order valence-corrected chi connectivity index (χ0v) is 12.8. The Balaban J connectivity index is 1.93. The Morgan fingerprint density at radius 2 is 2.25 bits per heavy atom. The molecule has 20 heavy (non-hydrogen) atoms. The van der Waals surface area contributed by atoms with E-state index in [1.165, 1.54) is 18.9 Å². The number of aliphatic hydroxyl groups excluding tert-OH is 1. The number of allylic oxidation sites excluding steroid dienone is 2. The van der Waals surface area contributed by atoms with Crippen LogP contribution in [0.15, 0.2) is 11.6 Å². The molecule has 4 bridgehead atoms. The maximum absolute atomic E-state index is 11.2. The van der Waals surface area contributed by atoms with Crippen molar-refractivity contribution in [1.82, 2.24) is 0 Å². The summed E-state index contributed by atoms with van der Waals surface area (Å²) in [5, 5.41) is 10.1. The molecular weight excluding hydrogens is 252 g/mol. The van der Waals surface area contributed by atoms with E-state index in [4.69, 9.17) is 4.74 Å². The molecule has 0 aliphatic heterocycles. The molecule has 2 saturated carbocycles. The van der Waals surface area contributed by atoms with Gasteiger partial charge in [0.15, 0.2) is 0 Å². The van der Waals surface area contributed by atoms with Crippen molar-refractivity contribution in [3.05, 3.63) is 11.6 Å². The Morgan fingerprint density at radius 3 is 2.85 bits per heavy atom. The van der Waals surface area contributed by atoms with Crippen molar-refractivity contribution < 1.29 is 14.6 Å². The standard InChI is InChI=1S/C17H26O3/c1-11-5-6-13-15-14(11)16(13,3)7-4-8-17(15,9-18)10-20-12(2)19/h5,13-15,18H,4,6-10H2,1-3H3/t13-,14+,15-,16+,17+/m1/s1. The molecule has 3 nitrogen and oxygen atoms in total. The van der Waals surface area contributed by atoms with Gasteiger partial charge >= 0.3 is 5.97 Å². The van der Waals surface area contributed by atoms with E-state index in [9.17, 15) is 9.90 Å². The van der Waals surface area contributed by atoms with Crippen molar-refractivity contribution in [2.75, 3.05) is 13.2 Å². The molecule has 3 heteroatoms. The van der Waals surface area contributed by atoms with Gasteiger partial charge in [0.2, 0.25) is 0 Å². The van der Waals surface area contributed by atoms with Crippen LogP contribution in [0.5, 0.6) is 0 Å². The first-order valence-electron chi connectivity index (χ1n) is 7.85. The normalized spacial score (nSPS) is 46.0. The van der Waals surface area contributed by atoms with Crippen molar-refractivity contribution in [2.24, 2.45) is 28.6 Å². The number of esters is 1. The van der Waals surface area contributed by atoms with Gasteiger partial charge in [0.05, 0.1) is 13.2 Å². The number of carbonyl (C=O) groups is 1. The Hall–Kier alpha value is -0.830. The number of aliphatic hydroxyl groups is 1. The minimum Gasteiger partial charge on any atom is -0.465 e. The molecule has 5 atom stereocenters. The van der Waals surface area contributed by atoms with Crippen LogP contribution in [0.1, 0.15) is 46.5 Å². The van der Waals surface area contributed by atoms with Crippen LogP contribution in [-0.2, 0) is 9.53 Å². The number of hydrogen-bond donors (Lipinski definition) is 1. The van der Waals surface area contributed by atoms with Gasteiger partial charge in [0.25, 0.3) is 0 Å². The van der Waals surface area contributed by atoms with Gasteiger partial charge in [-0.3, -0.25) is 4.79 Å². The summed E-state index contributed by atoms with van der Waals surface area (Å²) in [5.41, 5.74) is 1.69. The highest BCUT2D eigenvalue weighted by atomic mass is 16.5. The lowest BCUT2D eigenvalue weighted by atomic mass is 9.38. The summed E-state index contributed by atoms with van der Waals surface area (Å²) in [4.78, 5) is 11.2. The second kappa shape index (κ2) is 4.59. The molecule has 0 spiro atoms. The third kappa shape index (κ3) is 1.71. The quantitative estimate of drug-likeness (QED) is 0.638. The minimum atomic E-state index is -0.235.